The summed E-state index contributed by atoms with van der Waals surface area (Å²) in [6.07, 6.45) is 3.69. The molecule has 0 fully saturated rings. The van der Waals surface area contributed by atoms with E-state index in [9.17, 15) is 4.79 Å². The smallest absolute Gasteiger partial charge is 0.321 e. The van der Waals surface area contributed by atoms with E-state index in [0.29, 0.717) is 13.1 Å². The van der Waals surface area contributed by atoms with Crippen LogP contribution in [0.15, 0.2) is 12.4 Å². The summed E-state index contributed by atoms with van der Waals surface area (Å²) in [6, 6.07) is -0.813. The van der Waals surface area contributed by atoms with Crippen molar-refractivity contribution in [1.29, 1.82) is 0 Å². The summed E-state index contributed by atoms with van der Waals surface area (Å²) in [5.74, 6) is 0.0164. The lowest BCUT2D eigenvalue weighted by atomic mass is 10.2. The highest BCUT2D eigenvalue weighted by Gasteiger charge is 2.21. The second kappa shape index (κ2) is 4.00. The van der Waals surface area contributed by atoms with Crippen molar-refractivity contribution in [2.24, 2.45) is 5.73 Å². The normalized spacial score (nSPS) is 18.5. The van der Waals surface area contributed by atoms with Crippen LogP contribution in [0.5, 0.6) is 0 Å². The molecular weight excluding hydrogens is 196 g/mol. The minimum Gasteiger partial charge on any atom is -0.480 e. The predicted molar refractivity (Wildman–Crippen MR) is 53.1 cm³/mol. The van der Waals surface area contributed by atoms with Crippen molar-refractivity contribution in [2.45, 2.75) is 19.1 Å². The van der Waals surface area contributed by atoms with Gasteiger partial charge in [0.2, 0.25) is 0 Å². The van der Waals surface area contributed by atoms with Crippen LogP contribution < -0.4 is 5.73 Å². The summed E-state index contributed by atoms with van der Waals surface area (Å²) >= 11 is 0. The number of hydrogen-bond donors (Lipinski definition) is 2. The van der Waals surface area contributed by atoms with Gasteiger partial charge in [0.25, 0.3) is 0 Å². The number of hydrogen-bond acceptors (Lipinski definition) is 4. The first-order valence-corrected chi connectivity index (χ1v) is 4.87. The van der Waals surface area contributed by atoms with Crippen molar-refractivity contribution in [3.8, 4) is 0 Å². The summed E-state index contributed by atoms with van der Waals surface area (Å²) in [7, 11) is 0. The summed E-state index contributed by atoms with van der Waals surface area (Å²) in [6.45, 7) is 2.72. The maximum Gasteiger partial charge on any atom is 0.321 e. The Kier molecular flexibility index (Phi) is 2.70. The van der Waals surface area contributed by atoms with E-state index in [4.69, 9.17) is 10.8 Å². The minimum absolute atomic E-state index is 0.377. The third-order valence-electron chi connectivity index (χ3n) is 2.60. The largest absolute Gasteiger partial charge is 0.480 e. The number of nitrogens with two attached hydrogens (primary N) is 1. The van der Waals surface area contributed by atoms with Crippen LogP contribution in [0.3, 0.4) is 0 Å². The number of aliphatic carboxylic acids is 1. The van der Waals surface area contributed by atoms with Gasteiger partial charge in [-0.3, -0.25) is 9.69 Å². The van der Waals surface area contributed by atoms with Crippen molar-refractivity contribution in [1.82, 2.24) is 14.5 Å². The van der Waals surface area contributed by atoms with Crippen molar-refractivity contribution in [3.63, 3.8) is 0 Å². The molecule has 6 heteroatoms. The fourth-order valence-corrected chi connectivity index (χ4v) is 1.74. The Hall–Kier alpha value is -1.40. The first kappa shape index (κ1) is 10.1. The van der Waals surface area contributed by atoms with Crippen LogP contribution in [0.1, 0.15) is 5.82 Å². The lowest BCUT2D eigenvalue weighted by Gasteiger charge is -2.28. The van der Waals surface area contributed by atoms with Crippen LogP contribution in [0.2, 0.25) is 0 Å². The van der Waals surface area contributed by atoms with Gasteiger partial charge < -0.3 is 15.4 Å². The minimum atomic E-state index is -0.955. The number of nitrogens with zero attached hydrogens (tertiary/aromatic N) is 3. The average Bonchev–Trinajstić information content (AvgIpc) is 2.64. The summed E-state index contributed by atoms with van der Waals surface area (Å²) in [5, 5.41) is 8.70. The molecule has 1 unspecified atom stereocenters. The summed E-state index contributed by atoms with van der Waals surface area (Å²) in [4.78, 5) is 16.8. The van der Waals surface area contributed by atoms with E-state index in [1.54, 1.807) is 6.20 Å². The number of carbonyl (C=O) groups is 1. The molecule has 1 aliphatic heterocycles. The Morgan fingerprint density at radius 2 is 2.47 bits per heavy atom. The topological polar surface area (TPSA) is 84.4 Å². The highest BCUT2D eigenvalue weighted by atomic mass is 16.4. The quantitative estimate of drug-likeness (QED) is 0.676. The fourth-order valence-electron chi connectivity index (χ4n) is 1.74. The molecule has 2 rings (SSSR count). The standard InChI is InChI=1S/C9H14N4O2/c10-7(9(14)15)5-12-3-4-13-2-1-11-8(13)6-12/h1-2,7H,3-6,10H2,(H,14,15). The Morgan fingerprint density at radius 3 is 3.20 bits per heavy atom. The van der Waals surface area contributed by atoms with E-state index in [2.05, 4.69) is 9.55 Å². The lowest BCUT2D eigenvalue weighted by Crippen LogP contribution is -2.45. The molecule has 0 radical (unpaired) electrons. The van der Waals surface area contributed by atoms with Gasteiger partial charge in [-0.1, -0.05) is 0 Å². The predicted octanol–water partition coefficient (Wildman–Crippen LogP) is -0.889. The van der Waals surface area contributed by atoms with E-state index in [1.165, 1.54) is 0 Å². The molecule has 1 aromatic heterocycles. The van der Waals surface area contributed by atoms with Crippen molar-refractivity contribution >= 4 is 5.97 Å². The molecule has 1 aromatic rings. The molecule has 0 aromatic carbocycles. The van der Waals surface area contributed by atoms with E-state index < -0.39 is 12.0 Å². The second-order valence-corrected chi connectivity index (χ2v) is 3.72. The van der Waals surface area contributed by atoms with Crippen molar-refractivity contribution in [2.75, 3.05) is 13.1 Å². The van der Waals surface area contributed by atoms with E-state index >= 15 is 0 Å². The molecule has 1 aliphatic rings. The van der Waals surface area contributed by atoms with Gasteiger partial charge in [-0.05, 0) is 0 Å². The van der Waals surface area contributed by atoms with Crippen LogP contribution in [-0.2, 0) is 17.9 Å². The van der Waals surface area contributed by atoms with E-state index in [0.717, 1.165) is 18.9 Å². The number of carboxylic acids is 1. The fraction of sp³-hybridized carbons (Fsp3) is 0.556. The molecule has 0 aliphatic carbocycles. The molecule has 0 amide bonds. The second-order valence-electron chi connectivity index (χ2n) is 3.72. The number of imidazole rings is 1. The third kappa shape index (κ3) is 2.16. The van der Waals surface area contributed by atoms with Gasteiger partial charge in [0.1, 0.15) is 11.9 Å². The third-order valence-corrected chi connectivity index (χ3v) is 2.60. The lowest BCUT2D eigenvalue weighted by molar-refractivity contribution is -0.139. The highest BCUT2D eigenvalue weighted by Crippen LogP contribution is 2.09. The van der Waals surface area contributed by atoms with Crippen LogP contribution in [0, 0.1) is 0 Å². The van der Waals surface area contributed by atoms with Gasteiger partial charge in [0, 0.05) is 32.0 Å². The molecule has 3 N–H and O–H groups in total. The van der Waals surface area contributed by atoms with Gasteiger partial charge in [-0.15, -0.1) is 0 Å². The Labute approximate surface area is 87.3 Å². The summed E-state index contributed by atoms with van der Waals surface area (Å²) in [5.41, 5.74) is 5.47. The van der Waals surface area contributed by atoms with Crippen LogP contribution >= 0.6 is 0 Å². The van der Waals surface area contributed by atoms with Gasteiger partial charge in [-0.2, -0.15) is 0 Å². The molecule has 0 saturated heterocycles. The molecule has 6 nitrogen and oxygen atoms in total. The molecule has 0 saturated carbocycles. The van der Waals surface area contributed by atoms with Gasteiger partial charge in [0.15, 0.2) is 0 Å². The number of fused-ring (bicyclic) bond motifs is 1. The number of aromatic nitrogens is 2. The molecule has 1 atom stereocenters. The first-order valence-electron chi connectivity index (χ1n) is 4.87. The zero-order chi connectivity index (χ0) is 10.8. The zero-order valence-electron chi connectivity index (χ0n) is 8.33. The zero-order valence-corrected chi connectivity index (χ0v) is 8.33. The Morgan fingerprint density at radius 1 is 1.67 bits per heavy atom. The molecule has 2 heterocycles. The molecular formula is C9H14N4O2. The van der Waals surface area contributed by atoms with Crippen LogP contribution in [0.4, 0.5) is 0 Å². The maximum absolute atomic E-state index is 10.6. The van der Waals surface area contributed by atoms with Gasteiger partial charge in [-0.25, -0.2) is 4.98 Å². The monoisotopic (exact) mass is 210 g/mol. The van der Waals surface area contributed by atoms with Crippen molar-refractivity contribution < 1.29 is 9.90 Å². The first-order chi connectivity index (χ1) is 7.16. The number of rotatable bonds is 3. The molecule has 0 spiro atoms. The maximum atomic E-state index is 10.6. The SMILES string of the molecule is NC(CN1CCn2ccnc2C1)C(=O)O. The van der Waals surface area contributed by atoms with Crippen LogP contribution in [0.25, 0.3) is 0 Å². The van der Waals surface area contributed by atoms with Crippen LogP contribution in [-0.4, -0.2) is 44.7 Å². The van der Waals surface area contributed by atoms with Gasteiger partial charge >= 0.3 is 5.97 Å². The highest BCUT2D eigenvalue weighted by molar-refractivity contribution is 5.73. The Balaban J connectivity index is 1.95. The summed E-state index contributed by atoms with van der Waals surface area (Å²) < 4.78 is 2.07. The van der Waals surface area contributed by atoms with Gasteiger partial charge in [0.05, 0.1) is 6.54 Å². The average molecular weight is 210 g/mol. The molecule has 82 valence electrons. The Bertz CT molecular complexity index is 363. The molecule has 15 heavy (non-hydrogen) atoms. The van der Waals surface area contributed by atoms with E-state index in [-0.39, 0.29) is 0 Å². The van der Waals surface area contributed by atoms with E-state index in [1.807, 2.05) is 11.1 Å². The molecule has 0 bridgehead atoms. The van der Waals surface area contributed by atoms with Crippen molar-refractivity contribution in [3.05, 3.63) is 18.2 Å². The number of carboxylic acid groups (broad SMARTS) is 1.